The van der Waals surface area contributed by atoms with Gasteiger partial charge >= 0.3 is 0 Å². The normalized spacial score (nSPS) is 13.7. The molecule has 16 heavy (non-hydrogen) atoms. The van der Waals surface area contributed by atoms with E-state index in [4.69, 9.17) is 16.3 Å². The summed E-state index contributed by atoms with van der Waals surface area (Å²) in [5.74, 6) is 0. The fraction of sp³-hybridized carbons (Fsp3) is 0.400. The summed E-state index contributed by atoms with van der Waals surface area (Å²) in [5.41, 5.74) is 0. The lowest BCUT2D eigenvalue weighted by molar-refractivity contribution is 0.122. The van der Waals surface area contributed by atoms with Crippen LogP contribution in [0.5, 0.6) is 0 Å². The lowest BCUT2D eigenvalue weighted by atomic mass is 10.4. The molecule has 0 spiro atoms. The standard InChI is InChI=1S/C10H14ClNO3S/c1-8(15-2)7-12-16(13,14)10-6-4-3-5-9(10)11/h3-6,8,12H,7H2,1-2H3. The number of benzene rings is 1. The highest BCUT2D eigenvalue weighted by Gasteiger charge is 2.17. The van der Waals surface area contributed by atoms with E-state index in [1.165, 1.54) is 19.2 Å². The van der Waals surface area contributed by atoms with E-state index in [1.807, 2.05) is 0 Å². The Labute approximate surface area is 101 Å². The SMILES string of the molecule is COC(C)CNS(=O)(=O)c1ccccc1Cl. The Balaban J connectivity index is 2.83. The molecule has 90 valence electrons. The van der Waals surface area contributed by atoms with Gasteiger partial charge in [0.2, 0.25) is 10.0 Å². The molecular formula is C10H14ClNO3S. The molecular weight excluding hydrogens is 250 g/mol. The molecule has 0 radical (unpaired) electrons. The van der Waals surface area contributed by atoms with Gasteiger partial charge in [0.05, 0.1) is 11.1 Å². The Kier molecular flexibility index (Phi) is 4.73. The van der Waals surface area contributed by atoms with Crippen LogP contribution in [0.1, 0.15) is 6.92 Å². The van der Waals surface area contributed by atoms with Gasteiger partial charge in [-0.2, -0.15) is 0 Å². The largest absolute Gasteiger partial charge is 0.380 e. The van der Waals surface area contributed by atoms with E-state index >= 15 is 0 Å². The highest BCUT2D eigenvalue weighted by molar-refractivity contribution is 7.89. The maximum Gasteiger partial charge on any atom is 0.242 e. The average molecular weight is 264 g/mol. The van der Waals surface area contributed by atoms with Crippen molar-refractivity contribution in [1.82, 2.24) is 4.72 Å². The van der Waals surface area contributed by atoms with E-state index in [2.05, 4.69) is 4.72 Å². The first-order valence-electron chi connectivity index (χ1n) is 4.74. The first-order valence-corrected chi connectivity index (χ1v) is 6.60. The Hall–Kier alpha value is -0.620. The topological polar surface area (TPSA) is 55.4 Å². The van der Waals surface area contributed by atoms with E-state index < -0.39 is 10.0 Å². The fourth-order valence-corrected chi connectivity index (χ4v) is 2.68. The van der Waals surface area contributed by atoms with Crippen LogP contribution in [-0.4, -0.2) is 28.2 Å². The number of rotatable bonds is 5. The Bertz CT molecular complexity index is 447. The van der Waals surface area contributed by atoms with Gasteiger partial charge in [0.15, 0.2) is 0 Å². The van der Waals surface area contributed by atoms with E-state index in [1.54, 1.807) is 19.1 Å². The van der Waals surface area contributed by atoms with Crippen molar-refractivity contribution in [2.24, 2.45) is 0 Å². The monoisotopic (exact) mass is 263 g/mol. The summed E-state index contributed by atoms with van der Waals surface area (Å²) in [7, 11) is -2.04. The number of ether oxygens (including phenoxy) is 1. The minimum Gasteiger partial charge on any atom is -0.380 e. The van der Waals surface area contributed by atoms with Crippen LogP contribution in [0, 0.1) is 0 Å². The summed E-state index contributed by atoms with van der Waals surface area (Å²) in [6, 6.07) is 6.30. The third-order valence-corrected chi connectivity index (χ3v) is 4.01. The van der Waals surface area contributed by atoms with Crippen molar-refractivity contribution < 1.29 is 13.2 Å². The summed E-state index contributed by atoms with van der Waals surface area (Å²) >= 11 is 5.81. The zero-order valence-corrected chi connectivity index (χ0v) is 10.7. The zero-order valence-electron chi connectivity index (χ0n) is 9.10. The molecule has 0 fully saturated rings. The maximum atomic E-state index is 11.8. The van der Waals surface area contributed by atoms with Gasteiger partial charge in [-0.15, -0.1) is 0 Å². The minimum atomic E-state index is -3.56. The second-order valence-corrected chi connectivity index (χ2v) is 5.47. The van der Waals surface area contributed by atoms with Crippen LogP contribution in [0.15, 0.2) is 29.2 Å². The van der Waals surface area contributed by atoms with Crippen LogP contribution in [0.2, 0.25) is 5.02 Å². The maximum absolute atomic E-state index is 11.8. The highest BCUT2D eigenvalue weighted by atomic mass is 35.5. The van der Waals surface area contributed by atoms with Crippen LogP contribution in [0.4, 0.5) is 0 Å². The van der Waals surface area contributed by atoms with Crippen LogP contribution >= 0.6 is 11.6 Å². The molecule has 1 aromatic carbocycles. The second kappa shape index (κ2) is 5.63. The van der Waals surface area contributed by atoms with Crippen LogP contribution < -0.4 is 4.72 Å². The quantitative estimate of drug-likeness (QED) is 0.879. The van der Waals surface area contributed by atoms with Crippen molar-refractivity contribution in [2.75, 3.05) is 13.7 Å². The molecule has 0 bridgehead atoms. The summed E-state index contributed by atoms with van der Waals surface area (Å²) in [6.07, 6.45) is -0.183. The summed E-state index contributed by atoms with van der Waals surface area (Å²) in [6.45, 7) is 1.99. The molecule has 1 atom stereocenters. The molecule has 0 aliphatic carbocycles. The van der Waals surface area contributed by atoms with Crippen molar-refractivity contribution in [2.45, 2.75) is 17.9 Å². The number of halogens is 1. The molecule has 0 amide bonds. The van der Waals surface area contributed by atoms with Crippen molar-refractivity contribution in [3.05, 3.63) is 29.3 Å². The van der Waals surface area contributed by atoms with Crippen LogP contribution in [0.3, 0.4) is 0 Å². The molecule has 0 heterocycles. The van der Waals surface area contributed by atoms with Gasteiger partial charge in [-0.3, -0.25) is 0 Å². The summed E-state index contributed by atoms with van der Waals surface area (Å²) in [5, 5.41) is 0.208. The first kappa shape index (κ1) is 13.4. The molecule has 4 nitrogen and oxygen atoms in total. The molecule has 0 saturated carbocycles. The predicted molar refractivity (Wildman–Crippen MR) is 63.1 cm³/mol. The van der Waals surface area contributed by atoms with E-state index in [0.717, 1.165) is 0 Å². The van der Waals surface area contributed by atoms with Gasteiger partial charge in [-0.05, 0) is 19.1 Å². The van der Waals surface area contributed by atoms with Crippen molar-refractivity contribution in [1.29, 1.82) is 0 Å². The van der Waals surface area contributed by atoms with Gasteiger partial charge < -0.3 is 4.74 Å². The van der Waals surface area contributed by atoms with Gasteiger partial charge in [-0.25, -0.2) is 13.1 Å². The zero-order chi connectivity index (χ0) is 12.2. The first-order chi connectivity index (χ1) is 7.47. The number of hydrogen-bond acceptors (Lipinski definition) is 3. The Morgan fingerprint density at radius 2 is 2.06 bits per heavy atom. The third-order valence-electron chi connectivity index (χ3n) is 2.09. The lowest BCUT2D eigenvalue weighted by Crippen LogP contribution is -2.31. The van der Waals surface area contributed by atoms with E-state index in [0.29, 0.717) is 0 Å². The number of methoxy groups -OCH3 is 1. The van der Waals surface area contributed by atoms with Gasteiger partial charge in [0, 0.05) is 13.7 Å². The molecule has 1 unspecified atom stereocenters. The average Bonchev–Trinajstić information content (AvgIpc) is 2.26. The second-order valence-electron chi connectivity index (χ2n) is 3.33. The lowest BCUT2D eigenvalue weighted by Gasteiger charge is -2.11. The molecule has 1 aromatic rings. The molecule has 0 saturated heterocycles. The smallest absolute Gasteiger partial charge is 0.242 e. The Morgan fingerprint density at radius 1 is 1.44 bits per heavy atom. The molecule has 1 rings (SSSR count). The van der Waals surface area contributed by atoms with Crippen molar-refractivity contribution in [3.8, 4) is 0 Å². The summed E-state index contributed by atoms with van der Waals surface area (Å²) < 4.78 is 31.0. The minimum absolute atomic E-state index is 0.0833. The number of hydrogen-bond donors (Lipinski definition) is 1. The van der Waals surface area contributed by atoms with Gasteiger partial charge in [0.1, 0.15) is 4.90 Å². The van der Waals surface area contributed by atoms with Gasteiger partial charge in [0.25, 0.3) is 0 Å². The van der Waals surface area contributed by atoms with E-state index in [9.17, 15) is 8.42 Å². The summed E-state index contributed by atoms with van der Waals surface area (Å²) in [4.78, 5) is 0.0833. The number of sulfonamides is 1. The molecule has 0 aliphatic heterocycles. The molecule has 6 heteroatoms. The predicted octanol–water partition coefficient (Wildman–Crippen LogP) is 1.65. The highest BCUT2D eigenvalue weighted by Crippen LogP contribution is 2.19. The van der Waals surface area contributed by atoms with E-state index in [-0.39, 0.29) is 22.6 Å². The third kappa shape index (κ3) is 3.45. The number of nitrogens with one attached hydrogen (secondary N) is 1. The van der Waals surface area contributed by atoms with Gasteiger partial charge in [-0.1, -0.05) is 23.7 Å². The Morgan fingerprint density at radius 3 is 2.62 bits per heavy atom. The molecule has 0 aliphatic rings. The molecule has 0 aromatic heterocycles. The van der Waals surface area contributed by atoms with Crippen LogP contribution in [-0.2, 0) is 14.8 Å². The van der Waals surface area contributed by atoms with Crippen molar-refractivity contribution >= 4 is 21.6 Å². The van der Waals surface area contributed by atoms with Crippen LogP contribution in [0.25, 0.3) is 0 Å². The fourth-order valence-electron chi connectivity index (χ4n) is 1.05. The van der Waals surface area contributed by atoms with Crippen molar-refractivity contribution in [3.63, 3.8) is 0 Å². The molecule has 1 N–H and O–H groups in total.